The van der Waals surface area contributed by atoms with Crippen molar-refractivity contribution in [2.24, 2.45) is 0 Å². The van der Waals surface area contributed by atoms with Crippen molar-refractivity contribution in [1.29, 1.82) is 5.26 Å². The van der Waals surface area contributed by atoms with E-state index >= 15 is 0 Å². The van der Waals surface area contributed by atoms with Crippen molar-refractivity contribution < 1.29 is 17.9 Å². The number of aromatic nitrogens is 1. The molecule has 0 unspecified atom stereocenters. The van der Waals surface area contributed by atoms with Gasteiger partial charge >= 0.3 is 6.18 Å². The standard InChI is InChI=1S/C13H13F3N2O/c14-13(15,16)5-2-6-19-12-10(8-17)7-9-3-1-4-11(9)18-12/h7H,1-6H2. The molecule has 0 aliphatic heterocycles. The van der Waals surface area contributed by atoms with Crippen molar-refractivity contribution in [3.05, 3.63) is 22.9 Å². The minimum atomic E-state index is -4.17. The zero-order valence-corrected chi connectivity index (χ0v) is 10.3. The highest BCUT2D eigenvalue weighted by molar-refractivity contribution is 5.44. The summed E-state index contributed by atoms with van der Waals surface area (Å²) in [4.78, 5) is 4.23. The lowest BCUT2D eigenvalue weighted by Crippen LogP contribution is -2.10. The van der Waals surface area contributed by atoms with E-state index in [4.69, 9.17) is 10.00 Å². The molecule has 1 aliphatic carbocycles. The molecule has 3 nitrogen and oxygen atoms in total. The number of hydrogen-bond donors (Lipinski definition) is 0. The van der Waals surface area contributed by atoms with Gasteiger partial charge in [0.15, 0.2) is 0 Å². The summed E-state index contributed by atoms with van der Waals surface area (Å²) in [6.07, 6.45) is -2.48. The largest absolute Gasteiger partial charge is 0.477 e. The lowest BCUT2D eigenvalue weighted by Gasteiger charge is -2.10. The van der Waals surface area contributed by atoms with Crippen LogP contribution in [-0.2, 0) is 12.8 Å². The molecule has 0 bridgehead atoms. The molecule has 0 radical (unpaired) electrons. The van der Waals surface area contributed by atoms with Crippen LogP contribution in [0.4, 0.5) is 13.2 Å². The lowest BCUT2D eigenvalue weighted by atomic mass is 10.1. The average Bonchev–Trinajstić information content (AvgIpc) is 2.79. The van der Waals surface area contributed by atoms with Gasteiger partial charge < -0.3 is 4.74 Å². The molecule has 0 saturated heterocycles. The van der Waals surface area contributed by atoms with Crippen molar-refractivity contribution in [2.45, 2.75) is 38.3 Å². The van der Waals surface area contributed by atoms with E-state index in [0.29, 0.717) is 5.56 Å². The van der Waals surface area contributed by atoms with Crippen LogP contribution in [0.1, 0.15) is 36.1 Å². The summed E-state index contributed by atoms with van der Waals surface area (Å²) in [5.74, 6) is 0.158. The Hall–Kier alpha value is -1.77. The molecule has 1 aromatic rings. The minimum absolute atomic E-state index is 0.0834. The summed E-state index contributed by atoms with van der Waals surface area (Å²) in [6, 6.07) is 3.70. The maximum atomic E-state index is 12.0. The number of rotatable bonds is 4. The maximum absolute atomic E-state index is 12.0. The topological polar surface area (TPSA) is 45.9 Å². The van der Waals surface area contributed by atoms with E-state index in [-0.39, 0.29) is 18.9 Å². The van der Waals surface area contributed by atoms with Crippen molar-refractivity contribution in [3.63, 3.8) is 0 Å². The minimum Gasteiger partial charge on any atom is -0.477 e. The van der Waals surface area contributed by atoms with Crippen molar-refractivity contribution in [3.8, 4) is 11.9 Å². The predicted molar refractivity (Wildman–Crippen MR) is 61.8 cm³/mol. The number of alkyl halides is 3. The highest BCUT2D eigenvalue weighted by Crippen LogP contribution is 2.27. The van der Waals surface area contributed by atoms with Gasteiger partial charge in [0.05, 0.1) is 6.61 Å². The number of nitriles is 1. The van der Waals surface area contributed by atoms with Crippen LogP contribution in [0, 0.1) is 11.3 Å². The second-order valence-electron chi connectivity index (χ2n) is 4.48. The Balaban J connectivity index is 1.99. The molecule has 0 aromatic carbocycles. The van der Waals surface area contributed by atoms with Crippen LogP contribution in [-0.4, -0.2) is 17.8 Å². The number of fused-ring (bicyclic) bond motifs is 1. The van der Waals surface area contributed by atoms with Crippen molar-refractivity contribution in [1.82, 2.24) is 4.98 Å². The van der Waals surface area contributed by atoms with E-state index in [9.17, 15) is 13.2 Å². The Labute approximate surface area is 109 Å². The van der Waals surface area contributed by atoms with Gasteiger partial charge in [-0.15, -0.1) is 0 Å². The van der Waals surface area contributed by atoms with Crippen LogP contribution in [0.3, 0.4) is 0 Å². The third kappa shape index (κ3) is 3.60. The molecule has 0 N–H and O–H groups in total. The average molecular weight is 270 g/mol. The van der Waals surface area contributed by atoms with Gasteiger partial charge in [-0.2, -0.15) is 18.4 Å². The summed E-state index contributed by atoms with van der Waals surface area (Å²) in [5, 5.41) is 8.99. The predicted octanol–water partition coefficient (Wildman–Crippen LogP) is 3.16. The Morgan fingerprint density at radius 3 is 2.84 bits per heavy atom. The van der Waals surface area contributed by atoms with Gasteiger partial charge in [0.2, 0.25) is 5.88 Å². The van der Waals surface area contributed by atoms with Crippen LogP contribution >= 0.6 is 0 Å². The molecular weight excluding hydrogens is 257 g/mol. The third-order valence-electron chi connectivity index (χ3n) is 2.98. The summed E-state index contributed by atoms with van der Waals surface area (Å²) >= 11 is 0. The summed E-state index contributed by atoms with van der Waals surface area (Å²) in [5.41, 5.74) is 2.23. The van der Waals surface area contributed by atoms with Crippen LogP contribution < -0.4 is 4.74 Å². The Kier molecular flexibility index (Phi) is 3.93. The molecule has 0 fully saturated rings. The molecular formula is C13H13F3N2O. The molecule has 0 saturated carbocycles. The Bertz CT molecular complexity index is 506. The maximum Gasteiger partial charge on any atom is 0.389 e. The SMILES string of the molecule is N#Cc1cc2c(nc1OCCCC(F)(F)F)CCC2. The van der Waals surface area contributed by atoms with Gasteiger partial charge in [0, 0.05) is 12.1 Å². The van der Waals surface area contributed by atoms with Crippen LogP contribution in [0.25, 0.3) is 0 Å². The fourth-order valence-corrected chi connectivity index (χ4v) is 2.08. The quantitative estimate of drug-likeness (QED) is 0.789. The van der Waals surface area contributed by atoms with Gasteiger partial charge in [-0.1, -0.05) is 0 Å². The number of pyridine rings is 1. The van der Waals surface area contributed by atoms with Gasteiger partial charge in [-0.05, 0) is 37.3 Å². The highest BCUT2D eigenvalue weighted by atomic mass is 19.4. The van der Waals surface area contributed by atoms with Crippen molar-refractivity contribution >= 4 is 0 Å². The first kappa shape index (κ1) is 13.7. The van der Waals surface area contributed by atoms with Gasteiger partial charge in [0.25, 0.3) is 0 Å². The van der Waals surface area contributed by atoms with Gasteiger partial charge in [-0.3, -0.25) is 0 Å². The second kappa shape index (κ2) is 5.47. The zero-order chi connectivity index (χ0) is 13.9. The highest BCUT2D eigenvalue weighted by Gasteiger charge is 2.26. The number of halogens is 3. The fraction of sp³-hybridized carbons (Fsp3) is 0.538. The zero-order valence-electron chi connectivity index (χ0n) is 10.3. The Morgan fingerprint density at radius 2 is 2.16 bits per heavy atom. The first-order valence-electron chi connectivity index (χ1n) is 6.12. The summed E-state index contributed by atoms with van der Waals surface area (Å²) in [6.45, 7) is -0.0834. The monoisotopic (exact) mass is 270 g/mol. The molecule has 0 atom stereocenters. The summed E-state index contributed by atoms with van der Waals surface area (Å²) in [7, 11) is 0. The van der Waals surface area contributed by atoms with Crippen LogP contribution in [0.2, 0.25) is 0 Å². The normalized spacial score (nSPS) is 14.0. The van der Waals surface area contributed by atoms with Gasteiger partial charge in [0.1, 0.15) is 11.6 Å². The van der Waals surface area contributed by atoms with E-state index in [1.165, 1.54) is 0 Å². The smallest absolute Gasteiger partial charge is 0.389 e. The van der Waals surface area contributed by atoms with Gasteiger partial charge in [-0.25, -0.2) is 4.98 Å². The molecule has 102 valence electrons. The van der Waals surface area contributed by atoms with E-state index < -0.39 is 12.6 Å². The lowest BCUT2D eigenvalue weighted by molar-refractivity contribution is -0.136. The first-order valence-corrected chi connectivity index (χ1v) is 6.12. The molecule has 0 amide bonds. The number of aryl methyl sites for hydroxylation is 2. The second-order valence-corrected chi connectivity index (χ2v) is 4.48. The van der Waals surface area contributed by atoms with Crippen molar-refractivity contribution in [2.75, 3.05) is 6.61 Å². The van der Waals surface area contributed by atoms with E-state index in [0.717, 1.165) is 30.5 Å². The van der Waals surface area contributed by atoms with E-state index in [1.807, 2.05) is 6.07 Å². The molecule has 2 rings (SSSR count). The third-order valence-corrected chi connectivity index (χ3v) is 2.98. The number of nitrogens with zero attached hydrogens (tertiary/aromatic N) is 2. The molecule has 1 aliphatic rings. The molecule has 0 spiro atoms. The van der Waals surface area contributed by atoms with Crippen LogP contribution in [0.15, 0.2) is 6.07 Å². The summed E-state index contributed by atoms with van der Waals surface area (Å²) < 4.78 is 41.2. The molecule has 1 heterocycles. The number of hydrogen-bond acceptors (Lipinski definition) is 3. The van der Waals surface area contributed by atoms with Crippen LogP contribution in [0.5, 0.6) is 5.88 Å². The molecule has 6 heteroatoms. The van der Waals surface area contributed by atoms with E-state index in [2.05, 4.69) is 4.98 Å². The molecule has 1 aromatic heterocycles. The molecule has 19 heavy (non-hydrogen) atoms. The Morgan fingerprint density at radius 1 is 1.37 bits per heavy atom. The first-order chi connectivity index (χ1) is 8.99. The fourth-order valence-electron chi connectivity index (χ4n) is 2.08. The van der Waals surface area contributed by atoms with E-state index in [1.54, 1.807) is 6.07 Å². The number of ether oxygens (including phenoxy) is 1.